The number of phenols is 1. The molecule has 0 saturated heterocycles. The number of nitro groups is 1. The van der Waals surface area contributed by atoms with Crippen LogP contribution in [0.3, 0.4) is 0 Å². The molecule has 0 bridgehead atoms. The molecule has 0 aliphatic heterocycles. The zero-order valence-corrected chi connectivity index (χ0v) is 12.4. The second kappa shape index (κ2) is 9.78. The summed E-state index contributed by atoms with van der Waals surface area (Å²) >= 11 is 0. The molecule has 130 valence electrons. The molecule has 0 saturated carbocycles. The molecule has 0 fully saturated rings. The van der Waals surface area contributed by atoms with Gasteiger partial charge in [0.05, 0.1) is 19.1 Å². The summed E-state index contributed by atoms with van der Waals surface area (Å²) < 4.78 is 21.7. The van der Waals surface area contributed by atoms with Crippen molar-refractivity contribution in [1.82, 2.24) is 0 Å². The third-order valence-electron chi connectivity index (χ3n) is 2.66. The fraction of sp³-hybridized carbons (Fsp3) is 0.188. The van der Waals surface area contributed by atoms with E-state index in [1.54, 1.807) is 6.07 Å². The zero-order valence-electron chi connectivity index (χ0n) is 12.4. The topological polar surface area (TPSA) is 98.9 Å². The summed E-state index contributed by atoms with van der Waals surface area (Å²) in [5.74, 6) is -1.00. The van der Waals surface area contributed by atoms with Crippen LogP contribution in [0.1, 0.15) is 17.8 Å². The number of halogens is 1. The van der Waals surface area contributed by atoms with E-state index in [0.717, 1.165) is 12.1 Å². The van der Waals surface area contributed by atoms with Crippen LogP contribution in [-0.4, -0.2) is 30.2 Å². The van der Waals surface area contributed by atoms with Gasteiger partial charge >= 0.3 is 11.7 Å². The number of carbonyl (C=O) groups excluding carboxylic acids is 1. The highest BCUT2D eigenvalue weighted by Crippen LogP contribution is 2.23. The highest BCUT2D eigenvalue weighted by atomic mass is 19.1. The van der Waals surface area contributed by atoms with Crippen LogP contribution in [0.4, 0.5) is 10.1 Å². The number of rotatable bonds is 3. The fourth-order valence-corrected chi connectivity index (χ4v) is 1.52. The molecule has 0 amide bonds. The molecule has 1 N–H and O–H groups in total. The van der Waals surface area contributed by atoms with E-state index in [-0.39, 0.29) is 18.7 Å². The second-order valence-electron chi connectivity index (χ2n) is 4.08. The Kier molecular flexibility index (Phi) is 8.49. The number of hydrogen-bond donors (Lipinski definition) is 1. The number of carbonyl (C=O) groups is 1. The summed E-state index contributed by atoms with van der Waals surface area (Å²) in [5.41, 5.74) is -0.385. The number of esters is 1. The fourth-order valence-electron chi connectivity index (χ4n) is 1.52. The lowest BCUT2D eigenvalue weighted by atomic mass is 10.2. The van der Waals surface area contributed by atoms with Crippen molar-refractivity contribution in [3.05, 3.63) is 64.0 Å². The third-order valence-corrected chi connectivity index (χ3v) is 2.66. The standard InChI is InChI=1S/C9H10O4.C6H4FNO2.CH4/c1-12-6-3-4-8(10)7(5-6)9(11)13-2;7-5-3-1-2-4-6(5)8(9)10;/h3-5,10H,1-2H3;1-4H;1H4. The van der Waals surface area contributed by atoms with Crippen molar-refractivity contribution in [2.24, 2.45) is 0 Å². The number of para-hydroxylation sites is 1. The van der Waals surface area contributed by atoms with Crippen LogP contribution in [0.2, 0.25) is 0 Å². The maximum atomic E-state index is 12.4. The monoisotopic (exact) mass is 339 g/mol. The molecule has 7 nitrogen and oxygen atoms in total. The van der Waals surface area contributed by atoms with E-state index in [2.05, 4.69) is 4.74 Å². The van der Waals surface area contributed by atoms with Crippen LogP contribution in [0.5, 0.6) is 11.5 Å². The molecule has 2 aromatic carbocycles. The first kappa shape index (κ1) is 20.8. The Hall–Kier alpha value is -3.16. The second-order valence-corrected chi connectivity index (χ2v) is 4.08. The van der Waals surface area contributed by atoms with Gasteiger partial charge in [-0.1, -0.05) is 19.6 Å². The first-order chi connectivity index (χ1) is 10.9. The molecule has 0 unspecified atom stereocenters. The summed E-state index contributed by atoms with van der Waals surface area (Å²) in [6, 6.07) is 9.35. The van der Waals surface area contributed by atoms with E-state index in [4.69, 9.17) is 4.74 Å². The molecular formula is C16H18FNO6. The van der Waals surface area contributed by atoms with E-state index < -0.39 is 22.4 Å². The van der Waals surface area contributed by atoms with Gasteiger partial charge in [-0.3, -0.25) is 10.1 Å². The summed E-state index contributed by atoms with van der Waals surface area (Å²) in [6.45, 7) is 0. The molecular weight excluding hydrogens is 321 g/mol. The number of phenolic OH excluding ortho intramolecular Hbond substituents is 1. The minimum atomic E-state index is -0.799. The SMILES string of the molecule is C.COC(=O)c1cc(OC)ccc1O.O=[N+]([O-])c1ccccc1F. The molecule has 2 rings (SSSR count). The van der Waals surface area contributed by atoms with Gasteiger partial charge in [0.25, 0.3) is 0 Å². The van der Waals surface area contributed by atoms with Crippen molar-refractivity contribution in [2.75, 3.05) is 14.2 Å². The summed E-state index contributed by atoms with van der Waals surface area (Å²) in [7, 11) is 2.73. The number of methoxy groups -OCH3 is 2. The van der Waals surface area contributed by atoms with Crippen molar-refractivity contribution in [3.8, 4) is 11.5 Å². The molecule has 0 radical (unpaired) electrons. The highest BCUT2D eigenvalue weighted by Gasteiger charge is 2.12. The number of nitro benzene ring substituents is 1. The van der Waals surface area contributed by atoms with Crippen molar-refractivity contribution >= 4 is 11.7 Å². The number of benzene rings is 2. The van der Waals surface area contributed by atoms with Gasteiger partial charge in [0, 0.05) is 6.07 Å². The van der Waals surface area contributed by atoms with Crippen LogP contribution < -0.4 is 4.74 Å². The maximum Gasteiger partial charge on any atom is 0.341 e. The predicted octanol–water partition coefficient (Wildman–Crippen LogP) is 3.56. The third kappa shape index (κ3) is 5.56. The lowest BCUT2D eigenvalue weighted by Gasteiger charge is -2.04. The number of nitrogens with zero attached hydrogens (tertiary/aromatic N) is 1. The van der Waals surface area contributed by atoms with E-state index in [1.807, 2.05) is 0 Å². The van der Waals surface area contributed by atoms with Crippen molar-refractivity contribution < 1.29 is 28.7 Å². The molecule has 24 heavy (non-hydrogen) atoms. The lowest BCUT2D eigenvalue weighted by Crippen LogP contribution is -2.01. The van der Waals surface area contributed by atoms with Crippen molar-refractivity contribution in [1.29, 1.82) is 0 Å². The maximum absolute atomic E-state index is 12.4. The lowest BCUT2D eigenvalue weighted by molar-refractivity contribution is -0.387. The van der Waals surface area contributed by atoms with E-state index in [9.17, 15) is 24.4 Å². The van der Waals surface area contributed by atoms with Gasteiger partial charge in [0.15, 0.2) is 0 Å². The van der Waals surface area contributed by atoms with Gasteiger partial charge in [-0.15, -0.1) is 0 Å². The Balaban J connectivity index is 0.000000436. The van der Waals surface area contributed by atoms with E-state index in [1.165, 1.54) is 38.5 Å². The summed E-state index contributed by atoms with van der Waals surface area (Å²) in [4.78, 5) is 20.3. The molecule has 0 aliphatic rings. The van der Waals surface area contributed by atoms with Crippen LogP contribution in [0, 0.1) is 15.9 Å². The van der Waals surface area contributed by atoms with Gasteiger partial charge in [0.1, 0.15) is 17.1 Å². The van der Waals surface area contributed by atoms with Crippen LogP contribution in [-0.2, 0) is 4.74 Å². The minimum absolute atomic E-state index is 0. The van der Waals surface area contributed by atoms with Gasteiger partial charge < -0.3 is 14.6 Å². The number of aromatic hydroxyl groups is 1. The Morgan fingerprint density at radius 3 is 2.29 bits per heavy atom. The van der Waals surface area contributed by atoms with Crippen LogP contribution in [0.25, 0.3) is 0 Å². The molecule has 0 heterocycles. The summed E-state index contributed by atoms with van der Waals surface area (Å²) in [5, 5.41) is 19.3. The van der Waals surface area contributed by atoms with E-state index in [0.29, 0.717) is 5.75 Å². The highest BCUT2D eigenvalue weighted by molar-refractivity contribution is 5.92. The number of ether oxygens (including phenoxy) is 2. The quantitative estimate of drug-likeness (QED) is 0.521. The van der Waals surface area contributed by atoms with Gasteiger partial charge in [-0.2, -0.15) is 4.39 Å². The summed E-state index contributed by atoms with van der Waals surface area (Å²) in [6.07, 6.45) is 0. The largest absolute Gasteiger partial charge is 0.507 e. The van der Waals surface area contributed by atoms with Crippen LogP contribution in [0.15, 0.2) is 42.5 Å². The Labute approximate surface area is 138 Å². The zero-order chi connectivity index (χ0) is 17.4. The average Bonchev–Trinajstić information content (AvgIpc) is 2.55. The Morgan fingerprint density at radius 2 is 1.83 bits per heavy atom. The Morgan fingerprint density at radius 1 is 1.21 bits per heavy atom. The number of hydrogen-bond acceptors (Lipinski definition) is 6. The van der Waals surface area contributed by atoms with Crippen LogP contribution >= 0.6 is 0 Å². The Bertz CT molecular complexity index is 705. The smallest absolute Gasteiger partial charge is 0.341 e. The molecule has 0 spiro atoms. The molecule has 8 heteroatoms. The minimum Gasteiger partial charge on any atom is -0.507 e. The predicted molar refractivity (Wildman–Crippen MR) is 85.8 cm³/mol. The molecule has 0 atom stereocenters. The van der Waals surface area contributed by atoms with Crippen molar-refractivity contribution in [3.63, 3.8) is 0 Å². The van der Waals surface area contributed by atoms with Crippen molar-refractivity contribution in [2.45, 2.75) is 7.43 Å². The normalized spacial score (nSPS) is 8.96. The molecule has 2 aromatic rings. The average molecular weight is 339 g/mol. The first-order valence-corrected chi connectivity index (χ1v) is 6.25. The van der Waals surface area contributed by atoms with Gasteiger partial charge in [-0.05, 0) is 24.3 Å². The van der Waals surface area contributed by atoms with Gasteiger partial charge in [0.2, 0.25) is 5.82 Å². The van der Waals surface area contributed by atoms with E-state index >= 15 is 0 Å². The molecule has 0 aromatic heterocycles. The van der Waals surface area contributed by atoms with Gasteiger partial charge in [-0.25, -0.2) is 4.79 Å². The first-order valence-electron chi connectivity index (χ1n) is 6.25. The molecule has 0 aliphatic carbocycles.